The summed E-state index contributed by atoms with van der Waals surface area (Å²) in [4.78, 5) is 35.2. The summed E-state index contributed by atoms with van der Waals surface area (Å²) in [5.41, 5.74) is 3.82. The highest BCUT2D eigenvalue weighted by atomic mass is 16.4. The predicted molar refractivity (Wildman–Crippen MR) is 121 cm³/mol. The van der Waals surface area contributed by atoms with E-state index in [2.05, 4.69) is 5.32 Å². The van der Waals surface area contributed by atoms with Crippen molar-refractivity contribution < 1.29 is 23.5 Å². The molecular formula is C25H23NO6. The maximum absolute atomic E-state index is 12.6. The zero-order valence-corrected chi connectivity index (χ0v) is 17.6. The van der Waals surface area contributed by atoms with Gasteiger partial charge in [-0.2, -0.15) is 0 Å². The van der Waals surface area contributed by atoms with E-state index in [4.69, 9.17) is 13.9 Å². The van der Waals surface area contributed by atoms with Crippen LogP contribution in [0.15, 0.2) is 62.4 Å². The lowest BCUT2D eigenvalue weighted by Gasteiger charge is -2.09. The van der Waals surface area contributed by atoms with Crippen molar-refractivity contribution in [2.24, 2.45) is 0 Å². The Balaban J connectivity index is 1.60. The highest BCUT2D eigenvalue weighted by Crippen LogP contribution is 2.34. The average Bonchev–Trinajstić information content (AvgIpc) is 3.19. The SMILES string of the molecule is Cc1c(CCC(=O)NCCCC(=O)O)c(=O)oc2cc3occ(-c4ccccc4)c3cc12. The number of hydrogen-bond acceptors (Lipinski definition) is 5. The molecule has 0 radical (unpaired) electrons. The van der Waals surface area contributed by atoms with Gasteiger partial charge in [0.2, 0.25) is 5.91 Å². The highest BCUT2D eigenvalue weighted by Gasteiger charge is 2.16. The zero-order valence-electron chi connectivity index (χ0n) is 17.6. The van der Waals surface area contributed by atoms with Gasteiger partial charge in [-0.1, -0.05) is 30.3 Å². The molecule has 0 saturated heterocycles. The molecule has 1 amide bonds. The Morgan fingerprint density at radius 3 is 2.56 bits per heavy atom. The second kappa shape index (κ2) is 9.09. The van der Waals surface area contributed by atoms with Crippen molar-refractivity contribution in [2.45, 2.75) is 32.6 Å². The molecule has 32 heavy (non-hydrogen) atoms. The van der Waals surface area contributed by atoms with Crippen LogP contribution in [0.5, 0.6) is 0 Å². The topological polar surface area (TPSA) is 110 Å². The number of rotatable bonds is 8. The van der Waals surface area contributed by atoms with Gasteiger partial charge in [-0.3, -0.25) is 9.59 Å². The normalized spacial score (nSPS) is 11.2. The molecule has 0 aliphatic heterocycles. The lowest BCUT2D eigenvalue weighted by Crippen LogP contribution is -2.26. The number of carbonyl (C=O) groups excluding carboxylic acids is 1. The Kier molecular flexibility index (Phi) is 6.07. The first-order valence-electron chi connectivity index (χ1n) is 10.5. The molecule has 2 N–H and O–H groups in total. The summed E-state index contributed by atoms with van der Waals surface area (Å²) in [6.07, 6.45) is 2.42. The van der Waals surface area contributed by atoms with Crippen LogP contribution in [0.25, 0.3) is 33.1 Å². The van der Waals surface area contributed by atoms with Crippen molar-refractivity contribution in [2.75, 3.05) is 6.54 Å². The summed E-state index contributed by atoms with van der Waals surface area (Å²) in [5.74, 6) is -1.13. The van der Waals surface area contributed by atoms with E-state index < -0.39 is 11.6 Å². The lowest BCUT2D eigenvalue weighted by atomic mass is 9.99. The number of aryl methyl sites for hydroxylation is 1. The summed E-state index contributed by atoms with van der Waals surface area (Å²) in [6.45, 7) is 2.14. The van der Waals surface area contributed by atoms with Crippen LogP contribution in [-0.4, -0.2) is 23.5 Å². The first-order chi connectivity index (χ1) is 15.4. The number of carboxylic acid groups (broad SMARTS) is 1. The molecule has 7 heteroatoms. The molecule has 7 nitrogen and oxygen atoms in total. The number of furan rings is 1. The third kappa shape index (κ3) is 4.42. The monoisotopic (exact) mass is 433 g/mol. The molecule has 0 atom stereocenters. The van der Waals surface area contributed by atoms with Crippen molar-refractivity contribution in [1.82, 2.24) is 5.32 Å². The number of hydrogen-bond donors (Lipinski definition) is 2. The van der Waals surface area contributed by atoms with Crippen molar-refractivity contribution in [3.8, 4) is 11.1 Å². The van der Waals surface area contributed by atoms with Crippen LogP contribution in [0.3, 0.4) is 0 Å². The maximum Gasteiger partial charge on any atom is 0.339 e. The summed E-state index contributed by atoms with van der Waals surface area (Å²) in [6, 6.07) is 13.6. The van der Waals surface area contributed by atoms with E-state index in [1.807, 2.05) is 43.3 Å². The van der Waals surface area contributed by atoms with E-state index in [0.29, 0.717) is 23.2 Å². The Labute approximate surface area is 183 Å². The second-order valence-corrected chi connectivity index (χ2v) is 7.70. The molecule has 4 rings (SSSR count). The van der Waals surface area contributed by atoms with Gasteiger partial charge >= 0.3 is 11.6 Å². The minimum atomic E-state index is -0.897. The van der Waals surface area contributed by atoms with Gasteiger partial charge in [0.15, 0.2) is 0 Å². The Morgan fingerprint density at radius 1 is 1.03 bits per heavy atom. The van der Waals surface area contributed by atoms with Gasteiger partial charge in [-0.05, 0) is 37.0 Å². The molecule has 0 fully saturated rings. The molecule has 0 bridgehead atoms. The smallest absolute Gasteiger partial charge is 0.339 e. The van der Waals surface area contributed by atoms with Crippen LogP contribution in [-0.2, 0) is 16.0 Å². The number of fused-ring (bicyclic) bond motifs is 2. The van der Waals surface area contributed by atoms with Crippen molar-refractivity contribution in [3.05, 3.63) is 70.3 Å². The lowest BCUT2D eigenvalue weighted by molar-refractivity contribution is -0.137. The van der Waals surface area contributed by atoms with Gasteiger partial charge in [0.25, 0.3) is 0 Å². The molecule has 2 heterocycles. The van der Waals surface area contributed by atoms with Gasteiger partial charge in [-0.25, -0.2) is 4.79 Å². The number of benzene rings is 2. The van der Waals surface area contributed by atoms with Gasteiger partial charge in [0.05, 0.1) is 6.26 Å². The van der Waals surface area contributed by atoms with E-state index in [9.17, 15) is 14.4 Å². The van der Waals surface area contributed by atoms with Crippen molar-refractivity contribution in [1.29, 1.82) is 0 Å². The molecule has 0 unspecified atom stereocenters. The summed E-state index contributed by atoms with van der Waals surface area (Å²) in [7, 11) is 0. The molecule has 0 aliphatic carbocycles. The number of carboxylic acids is 1. The van der Waals surface area contributed by atoms with Gasteiger partial charge in [0, 0.05) is 47.4 Å². The number of nitrogens with one attached hydrogen (secondary N) is 1. The molecule has 0 saturated carbocycles. The van der Waals surface area contributed by atoms with Crippen LogP contribution in [0, 0.1) is 6.92 Å². The van der Waals surface area contributed by atoms with Crippen LogP contribution in [0.2, 0.25) is 0 Å². The third-order valence-electron chi connectivity index (χ3n) is 5.56. The van der Waals surface area contributed by atoms with Gasteiger partial charge < -0.3 is 19.3 Å². The summed E-state index contributed by atoms with van der Waals surface area (Å²) < 4.78 is 11.3. The highest BCUT2D eigenvalue weighted by molar-refractivity contribution is 6.02. The van der Waals surface area contributed by atoms with E-state index in [1.165, 1.54) is 0 Å². The fourth-order valence-corrected chi connectivity index (χ4v) is 3.83. The molecule has 0 spiro atoms. The Morgan fingerprint density at radius 2 is 1.81 bits per heavy atom. The first-order valence-corrected chi connectivity index (χ1v) is 10.5. The third-order valence-corrected chi connectivity index (χ3v) is 5.56. The predicted octanol–water partition coefficient (Wildman–Crippen LogP) is 4.43. The van der Waals surface area contributed by atoms with Crippen LogP contribution < -0.4 is 10.9 Å². The number of amides is 1. The van der Waals surface area contributed by atoms with Crippen LogP contribution in [0.4, 0.5) is 0 Å². The van der Waals surface area contributed by atoms with Gasteiger partial charge in [-0.15, -0.1) is 0 Å². The van der Waals surface area contributed by atoms with Gasteiger partial charge in [0.1, 0.15) is 11.2 Å². The second-order valence-electron chi connectivity index (χ2n) is 7.70. The summed E-state index contributed by atoms with van der Waals surface area (Å²) in [5, 5.41) is 13.1. The zero-order chi connectivity index (χ0) is 22.7. The molecule has 0 aliphatic rings. The summed E-state index contributed by atoms with van der Waals surface area (Å²) >= 11 is 0. The molecular weight excluding hydrogens is 410 g/mol. The fraction of sp³-hybridized carbons (Fsp3) is 0.240. The van der Waals surface area contributed by atoms with E-state index >= 15 is 0 Å². The van der Waals surface area contributed by atoms with Crippen molar-refractivity contribution in [3.63, 3.8) is 0 Å². The molecule has 2 aromatic heterocycles. The molecule has 4 aromatic rings. The average molecular weight is 433 g/mol. The first kappa shape index (κ1) is 21.4. The van der Waals surface area contributed by atoms with Crippen LogP contribution >= 0.6 is 0 Å². The number of aliphatic carboxylic acids is 1. The number of carbonyl (C=O) groups is 2. The Bertz CT molecular complexity index is 1350. The maximum atomic E-state index is 12.6. The van der Waals surface area contributed by atoms with E-state index in [0.717, 1.165) is 27.5 Å². The van der Waals surface area contributed by atoms with E-state index in [-0.39, 0.29) is 31.7 Å². The molecule has 2 aromatic carbocycles. The van der Waals surface area contributed by atoms with Crippen LogP contribution in [0.1, 0.15) is 30.4 Å². The quantitative estimate of drug-likeness (QED) is 0.314. The minimum Gasteiger partial charge on any atom is -0.481 e. The van der Waals surface area contributed by atoms with Crippen molar-refractivity contribution >= 4 is 33.8 Å². The largest absolute Gasteiger partial charge is 0.481 e. The van der Waals surface area contributed by atoms with E-state index in [1.54, 1.807) is 12.3 Å². The standard InChI is InChI=1S/C25H23NO6/c1-15-17(9-10-23(27)26-11-5-8-24(28)29)25(30)32-22-13-21-19(12-18(15)22)20(14-31-21)16-6-3-2-4-7-16/h2-4,6-7,12-14H,5,8-11H2,1H3,(H,26,27)(H,28,29). The Hall–Kier alpha value is -3.87. The minimum absolute atomic E-state index is 0.00109. The molecule has 164 valence electrons. The fourth-order valence-electron chi connectivity index (χ4n) is 3.83.